The number of benzene rings is 2. The Bertz CT molecular complexity index is 1240. The minimum Gasteiger partial charge on any atom is -0.436 e. The summed E-state index contributed by atoms with van der Waals surface area (Å²) in [6.45, 7) is 7.97. The first-order valence-electron chi connectivity index (χ1n) is 10.0. The van der Waals surface area contributed by atoms with E-state index in [2.05, 4.69) is 78.0 Å². The van der Waals surface area contributed by atoms with Crippen LogP contribution in [0.25, 0.3) is 22.1 Å². The molecule has 2 aromatic heterocycles. The Hall–Kier alpha value is -3.01. The van der Waals surface area contributed by atoms with Gasteiger partial charge in [-0.05, 0) is 51.0 Å². The molecule has 7 rings (SSSR count). The number of hydrogen-bond donors (Lipinski definition) is 0. The molecule has 0 saturated carbocycles. The molecule has 1 saturated heterocycles. The number of para-hydroxylation sites is 1. The zero-order valence-electron chi connectivity index (χ0n) is 16.4. The van der Waals surface area contributed by atoms with E-state index < -0.39 is 0 Å². The van der Waals surface area contributed by atoms with Gasteiger partial charge in [-0.1, -0.05) is 30.3 Å². The average Bonchev–Trinajstić information content (AvgIpc) is 3.08. The average molecular weight is 369 g/mol. The number of aromatic nitrogens is 1. The van der Waals surface area contributed by atoms with Crippen LogP contribution in [0.4, 0.5) is 11.4 Å². The van der Waals surface area contributed by atoms with Gasteiger partial charge in [0, 0.05) is 34.8 Å². The second kappa shape index (κ2) is 5.28. The third-order valence-electron chi connectivity index (χ3n) is 6.82. The van der Waals surface area contributed by atoms with E-state index in [1.165, 1.54) is 22.5 Å². The molecule has 2 atom stereocenters. The van der Waals surface area contributed by atoms with Crippen LogP contribution in [-0.4, -0.2) is 17.7 Å². The third kappa shape index (κ3) is 1.83. The summed E-state index contributed by atoms with van der Waals surface area (Å²) >= 11 is 0. The van der Waals surface area contributed by atoms with Gasteiger partial charge in [0.2, 0.25) is 5.71 Å². The molecule has 0 aliphatic carbocycles. The van der Waals surface area contributed by atoms with E-state index in [1.807, 2.05) is 6.07 Å². The molecule has 28 heavy (non-hydrogen) atoms. The van der Waals surface area contributed by atoms with E-state index >= 15 is 0 Å². The minimum atomic E-state index is -0.0593. The first kappa shape index (κ1) is 16.0. The zero-order valence-corrected chi connectivity index (χ0v) is 16.4. The van der Waals surface area contributed by atoms with Gasteiger partial charge in [0.25, 0.3) is 0 Å². The molecular weight excluding hydrogens is 346 g/mol. The van der Waals surface area contributed by atoms with Crippen LogP contribution >= 0.6 is 0 Å². The molecule has 3 aliphatic heterocycles. The molecule has 0 amide bonds. The lowest BCUT2D eigenvalue weighted by molar-refractivity contribution is 0.294. The van der Waals surface area contributed by atoms with Crippen LogP contribution in [0.2, 0.25) is 0 Å². The summed E-state index contributed by atoms with van der Waals surface area (Å²) in [5.41, 5.74) is 6.82. The Morgan fingerprint density at radius 3 is 2.82 bits per heavy atom. The van der Waals surface area contributed by atoms with E-state index in [4.69, 9.17) is 4.42 Å². The maximum Gasteiger partial charge on any atom is 0.227 e. The van der Waals surface area contributed by atoms with Crippen molar-refractivity contribution in [1.82, 2.24) is 4.98 Å². The molecule has 1 fully saturated rings. The number of furan rings is 1. The SMILES string of the molecule is Cc1ccc2c(oc3ncccc32)c1N1C(C)N2CCC1(C)c1ccccc12. The lowest BCUT2D eigenvalue weighted by Gasteiger charge is -2.60. The maximum absolute atomic E-state index is 6.34. The van der Waals surface area contributed by atoms with Crippen LogP contribution in [0.5, 0.6) is 0 Å². The van der Waals surface area contributed by atoms with Crippen molar-refractivity contribution in [1.29, 1.82) is 0 Å². The van der Waals surface area contributed by atoms with Gasteiger partial charge >= 0.3 is 0 Å². The molecule has 3 aliphatic rings. The number of fused-ring (bicyclic) bond motifs is 5. The van der Waals surface area contributed by atoms with E-state index in [0.29, 0.717) is 5.71 Å². The normalized spacial score (nSPS) is 23.6. The minimum absolute atomic E-state index is 0.0593. The van der Waals surface area contributed by atoms with E-state index in [0.717, 1.165) is 29.3 Å². The summed E-state index contributed by atoms with van der Waals surface area (Å²) in [5.74, 6) is 0. The summed E-state index contributed by atoms with van der Waals surface area (Å²) < 4.78 is 6.34. The van der Waals surface area contributed by atoms with Crippen LogP contribution in [0.3, 0.4) is 0 Å². The number of anilines is 2. The first-order valence-corrected chi connectivity index (χ1v) is 10.0. The van der Waals surface area contributed by atoms with Crippen LogP contribution in [0.15, 0.2) is 59.1 Å². The lowest BCUT2D eigenvalue weighted by atomic mass is 9.77. The molecule has 4 nitrogen and oxygen atoms in total. The summed E-state index contributed by atoms with van der Waals surface area (Å²) in [4.78, 5) is 9.57. The summed E-state index contributed by atoms with van der Waals surface area (Å²) in [6.07, 6.45) is 3.16. The van der Waals surface area contributed by atoms with Crippen molar-refractivity contribution < 1.29 is 4.42 Å². The highest BCUT2D eigenvalue weighted by atomic mass is 16.3. The second-order valence-corrected chi connectivity index (χ2v) is 8.30. The van der Waals surface area contributed by atoms with Gasteiger partial charge in [-0.2, -0.15) is 0 Å². The Balaban J connectivity index is 1.67. The maximum atomic E-state index is 6.34. The number of rotatable bonds is 1. The second-order valence-electron chi connectivity index (χ2n) is 8.30. The molecule has 5 heterocycles. The highest BCUT2D eigenvalue weighted by molar-refractivity contribution is 6.08. The molecule has 0 radical (unpaired) electrons. The summed E-state index contributed by atoms with van der Waals surface area (Å²) in [7, 11) is 0. The van der Waals surface area contributed by atoms with E-state index in [9.17, 15) is 0 Å². The summed E-state index contributed by atoms with van der Waals surface area (Å²) in [6, 6.07) is 17.3. The van der Waals surface area contributed by atoms with Crippen molar-refractivity contribution in [2.24, 2.45) is 0 Å². The Labute approximate surface area is 164 Å². The standard InChI is InChI=1S/C24H23N3O/c1-15-10-11-17-18-7-6-13-25-23(18)28-22(17)21(15)27-16(2)26-14-12-24(27,3)19-8-4-5-9-20(19)26/h4-11,13,16H,12,14H2,1-3H3. The molecular formula is C24H23N3O. The number of pyridine rings is 1. The first-order chi connectivity index (χ1) is 13.6. The monoisotopic (exact) mass is 369 g/mol. The molecule has 0 N–H and O–H groups in total. The topological polar surface area (TPSA) is 32.5 Å². The summed E-state index contributed by atoms with van der Waals surface area (Å²) in [5, 5.41) is 2.23. The van der Waals surface area contributed by atoms with E-state index in [1.54, 1.807) is 6.20 Å². The number of nitrogens with zero attached hydrogens (tertiary/aromatic N) is 3. The van der Waals surface area contributed by atoms with Crippen molar-refractivity contribution in [3.8, 4) is 0 Å². The fourth-order valence-corrected chi connectivity index (χ4v) is 5.45. The lowest BCUT2D eigenvalue weighted by Crippen LogP contribution is -2.66. The smallest absolute Gasteiger partial charge is 0.227 e. The fraction of sp³-hybridized carbons (Fsp3) is 0.292. The molecule has 4 heteroatoms. The Kier molecular flexibility index (Phi) is 3.02. The molecule has 4 aromatic rings. The van der Waals surface area contributed by atoms with Crippen molar-refractivity contribution in [3.63, 3.8) is 0 Å². The number of aryl methyl sites for hydroxylation is 1. The predicted molar refractivity (Wildman–Crippen MR) is 114 cm³/mol. The van der Waals surface area contributed by atoms with Gasteiger partial charge in [-0.15, -0.1) is 0 Å². The van der Waals surface area contributed by atoms with Crippen molar-refractivity contribution in [2.75, 3.05) is 16.3 Å². The molecule has 2 bridgehead atoms. The van der Waals surface area contributed by atoms with Crippen molar-refractivity contribution >= 4 is 33.4 Å². The third-order valence-corrected chi connectivity index (χ3v) is 6.82. The van der Waals surface area contributed by atoms with Gasteiger partial charge in [-0.3, -0.25) is 0 Å². The van der Waals surface area contributed by atoms with Crippen LogP contribution in [0, 0.1) is 6.92 Å². The van der Waals surface area contributed by atoms with Crippen molar-refractivity contribution in [2.45, 2.75) is 38.9 Å². The Morgan fingerprint density at radius 2 is 1.93 bits per heavy atom. The largest absolute Gasteiger partial charge is 0.436 e. The van der Waals surface area contributed by atoms with Crippen LogP contribution in [0.1, 0.15) is 31.4 Å². The quantitative estimate of drug-likeness (QED) is 0.438. The zero-order chi connectivity index (χ0) is 19.0. The van der Waals surface area contributed by atoms with Crippen LogP contribution < -0.4 is 9.80 Å². The van der Waals surface area contributed by atoms with Gasteiger partial charge in [-0.25, -0.2) is 4.98 Å². The van der Waals surface area contributed by atoms with Gasteiger partial charge in [0.1, 0.15) is 0 Å². The van der Waals surface area contributed by atoms with E-state index in [-0.39, 0.29) is 11.7 Å². The van der Waals surface area contributed by atoms with Gasteiger partial charge in [0.15, 0.2) is 5.58 Å². The highest BCUT2D eigenvalue weighted by Crippen LogP contribution is 2.53. The van der Waals surface area contributed by atoms with Gasteiger partial charge in [0.05, 0.1) is 17.4 Å². The molecule has 2 aromatic carbocycles. The molecule has 140 valence electrons. The highest BCUT2D eigenvalue weighted by Gasteiger charge is 2.50. The number of hydrogen-bond acceptors (Lipinski definition) is 4. The van der Waals surface area contributed by atoms with Gasteiger partial charge < -0.3 is 14.2 Å². The Morgan fingerprint density at radius 1 is 1.07 bits per heavy atom. The predicted octanol–water partition coefficient (Wildman–Crippen LogP) is 5.58. The van der Waals surface area contributed by atoms with Crippen LogP contribution in [-0.2, 0) is 5.54 Å². The molecule has 2 unspecified atom stereocenters. The van der Waals surface area contributed by atoms with Crippen molar-refractivity contribution in [3.05, 3.63) is 65.9 Å². The molecule has 0 spiro atoms. The fourth-order valence-electron chi connectivity index (χ4n) is 5.45.